The summed E-state index contributed by atoms with van der Waals surface area (Å²) in [6.45, 7) is 8.82. The van der Waals surface area contributed by atoms with Crippen LogP contribution in [0.5, 0.6) is 0 Å². The van der Waals surface area contributed by atoms with Gasteiger partial charge in [0.2, 0.25) is 5.91 Å². The number of epoxide rings is 2. The number of methoxy groups -OCH3 is 1. The first-order chi connectivity index (χ1) is 14.7. The molecule has 31 heavy (non-hydrogen) atoms. The van der Waals surface area contributed by atoms with Crippen LogP contribution in [0.15, 0.2) is 11.6 Å². The Bertz CT molecular complexity index is 798. The first-order valence-electron chi connectivity index (χ1n) is 11.4. The number of hydrogen-bond acceptors (Lipinski definition) is 6. The van der Waals surface area contributed by atoms with E-state index in [1.165, 1.54) is 5.57 Å². The normalized spacial score (nSPS) is 42.2. The smallest absolute Gasteiger partial charge is 0.410 e. The highest BCUT2D eigenvalue weighted by atomic mass is 16.6. The van der Waals surface area contributed by atoms with Crippen molar-refractivity contribution in [3.8, 4) is 0 Å². The highest BCUT2D eigenvalue weighted by Crippen LogP contribution is 2.59. The zero-order valence-corrected chi connectivity index (χ0v) is 18.9. The van der Waals surface area contributed by atoms with E-state index in [1.54, 1.807) is 12.0 Å². The van der Waals surface area contributed by atoms with Gasteiger partial charge >= 0.3 is 6.09 Å². The van der Waals surface area contributed by atoms with E-state index in [0.29, 0.717) is 39.1 Å². The first kappa shape index (κ1) is 21.2. The van der Waals surface area contributed by atoms with E-state index in [1.807, 2.05) is 0 Å². The summed E-state index contributed by atoms with van der Waals surface area (Å²) in [4.78, 5) is 26.1. The number of nitrogens with zero attached hydrogens (tertiary/aromatic N) is 1. The van der Waals surface area contributed by atoms with Crippen LogP contribution in [-0.4, -0.2) is 79.8 Å². The third-order valence-electron chi connectivity index (χ3n) is 8.00. The lowest BCUT2D eigenvalue weighted by molar-refractivity contribution is -0.128. The minimum absolute atomic E-state index is 0.0199. The van der Waals surface area contributed by atoms with Crippen molar-refractivity contribution in [2.45, 2.75) is 76.0 Å². The van der Waals surface area contributed by atoms with E-state index < -0.39 is 0 Å². The van der Waals surface area contributed by atoms with E-state index in [9.17, 15) is 9.59 Å². The Morgan fingerprint density at radius 2 is 2.10 bits per heavy atom. The minimum Gasteiger partial charge on any atom is -0.443 e. The third-order valence-corrected chi connectivity index (χ3v) is 8.00. The van der Waals surface area contributed by atoms with Crippen LogP contribution in [-0.2, 0) is 23.7 Å². The summed E-state index contributed by atoms with van der Waals surface area (Å²) in [5.41, 5.74) is 0.603. The molecule has 2 amide bonds. The second-order valence-electron chi connectivity index (χ2n) is 10.6. The lowest BCUT2D eigenvalue weighted by Crippen LogP contribution is -2.61. The van der Waals surface area contributed by atoms with Gasteiger partial charge in [0.1, 0.15) is 23.4 Å². The van der Waals surface area contributed by atoms with Crippen molar-refractivity contribution in [1.82, 2.24) is 10.2 Å². The summed E-state index contributed by atoms with van der Waals surface area (Å²) < 4.78 is 24.1. The van der Waals surface area contributed by atoms with Crippen LogP contribution in [0.4, 0.5) is 4.79 Å². The molecule has 0 unspecified atom stereocenters. The Labute approximate surface area is 183 Å². The van der Waals surface area contributed by atoms with Crippen LogP contribution in [0.1, 0.15) is 46.5 Å². The number of amides is 2. The molecule has 8 heteroatoms. The van der Waals surface area contributed by atoms with Gasteiger partial charge in [-0.3, -0.25) is 4.79 Å². The lowest BCUT2D eigenvalue weighted by Gasteiger charge is -2.48. The van der Waals surface area contributed by atoms with Crippen LogP contribution < -0.4 is 5.32 Å². The molecular formula is C23H34N2O6. The first-order valence-corrected chi connectivity index (χ1v) is 11.4. The summed E-state index contributed by atoms with van der Waals surface area (Å²) in [6, 6.07) is 0. The molecule has 6 atom stereocenters. The number of ether oxygens (including phenoxy) is 4. The van der Waals surface area contributed by atoms with Crippen molar-refractivity contribution in [2.75, 3.05) is 33.4 Å². The maximum atomic E-state index is 12.8. The predicted molar refractivity (Wildman–Crippen MR) is 111 cm³/mol. The van der Waals surface area contributed by atoms with Crippen molar-refractivity contribution >= 4 is 12.0 Å². The van der Waals surface area contributed by atoms with Gasteiger partial charge < -0.3 is 29.2 Å². The van der Waals surface area contributed by atoms with Crippen molar-refractivity contribution in [3.63, 3.8) is 0 Å². The molecule has 172 valence electrons. The molecule has 0 bridgehead atoms. The Hall–Kier alpha value is -1.64. The molecule has 4 aliphatic heterocycles. The molecule has 1 aliphatic carbocycles. The van der Waals surface area contributed by atoms with Crippen molar-refractivity contribution in [1.29, 1.82) is 0 Å². The average Bonchev–Trinajstić information content (AvgIpc) is 3.56. The Kier molecular flexibility index (Phi) is 4.92. The molecule has 4 heterocycles. The molecule has 0 aromatic rings. The number of hydrogen-bond donors (Lipinski definition) is 1. The fourth-order valence-corrected chi connectivity index (χ4v) is 6.14. The summed E-state index contributed by atoms with van der Waals surface area (Å²) in [5, 5.41) is 2.87. The van der Waals surface area contributed by atoms with Gasteiger partial charge in [0, 0.05) is 38.6 Å². The highest BCUT2D eigenvalue weighted by Gasteiger charge is 2.72. The number of allylic oxidation sites excluding steroid dienone is 1. The second kappa shape index (κ2) is 7.18. The van der Waals surface area contributed by atoms with Gasteiger partial charge in [0.15, 0.2) is 0 Å². The van der Waals surface area contributed by atoms with Gasteiger partial charge in [-0.1, -0.05) is 11.6 Å². The number of nitrogens with one attached hydrogen (secondary N) is 1. The maximum Gasteiger partial charge on any atom is 0.410 e. The SMILES string of the molecule is CO[C@@H]1[C@H](OC(=O)N2CC3(CNC(=O)C3)C2)CC[C@]2(CO2)[C@H]1[C@@]1(C)O[C@@H]1CC=C(C)C. The van der Waals surface area contributed by atoms with Gasteiger partial charge in [-0.05, 0) is 40.0 Å². The summed E-state index contributed by atoms with van der Waals surface area (Å²) in [7, 11) is 1.69. The van der Waals surface area contributed by atoms with Crippen LogP contribution in [0.2, 0.25) is 0 Å². The van der Waals surface area contributed by atoms with Gasteiger partial charge in [0.25, 0.3) is 0 Å². The molecule has 5 aliphatic rings. The Balaban J connectivity index is 1.25. The molecule has 1 saturated carbocycles. The van der Waals surface area contributed by atoms with Crippen molar-refractivity contribution < 1.29 is 28.5 Å². The molecule has 4 saturated heterocycles. The van der Waals surface area contributed by atoms with Crippen LogP contribution in [0.25, 0.3) is 0 Å². The second-order valence-corrected chi connectivity index (χ2v) is 10.6. The quantitative estimate of drug-likeness (QED) is 0.526. The largest absolute Gasteiger partial charge is 0.443 e. The number of rotatable bonds is 5. The number of carbonyl (C=O) groups excluding carboxylic acids is 2. The zero-order chi connectivity index (χ0) is 22.0. The van der Waals surface area contributed by atoms with Gasteiger partial charge in [-0.15, -0.1) is 0 Å². The average molecular weight is 435 g/mol. The maximum absolute atomic E-state index is 12.8. The van der Waals surface area contributed by atoms with E-state index in [2.05, 4.69) is 32.2 Å². The van der Waals surface area contributed by atoms with E-state index in [4.69, 9.17) is 18.9 Å². The molecule has 1 N–H and O–H groups in total. The lowest BCUT2D eigenvalue weighted by atomic mass is 9.68. The molecule has 5 rings (SSSR count). The molecule has 8 nitrogen and oxygen atoms in total. The van der Waals surface area contributed by atoms with Crippen LogP contribution in [0.3, 0.4) is 0 Å². The third kappa shape index (κ3) is 3.56. The number of carbonyl (C=O) groups is 2. The van der Waals surface area contributed by atoms with E-state index in [-0.39, 0.29) is 52.8 Å². The topological polar surface area (TPSA) is 92.9 Å². The summed E-state index contributed by atoms with van der Waals surface area (Å²) >= 11 is 0. The monoisotopic (exact) mass is 434 g/mol. The van der Waals surface area contributed by atoms with Crippen molar-refractivity contribution in [2.24, 2.45) is 11.3 Å². The van der Waals surface area contributed by atoms with Gasteiger partial charge in [-0.2, -0.15) is 0 Å². The molecule has 0 aromatic carbocycles. The Morgan fingerprint density at radius 3 is 2.68 bits per heavy atom. The Morgan fingerprint density at radius 1 is 1.35 bits per heavy atom. The summed E-state index contributed by atoms with van der Waals surface area (Å²) in [6.07, 6.45) is 4.34. The highest BCUT2D eigenvalue weighted by molar-refractivity contribution is 5.80. The van der Waals surface area contributed by atoms with E-state index >= 15 is 0 Å². The molecule has 2 spiro atoms. The standard InChI is InChI=1S/C23H34N2O6/c1-14(2)5-6-16-21(3,31-16)19-18(28-4)15(7-8-23(19)13-29-23)30-20(27)25-11-22(12-25)9-17(26)24-10-22/h5,15-16,18-19H,6-13H2,1-4H3,(H,24,26)/t15-,16-,18-,19-,21+,23+/m1/s1. The fraction of sp³-hybridized carbons (Fsp3) is 0.826. The molecule has 0 radical (unpaired) electrons. The summed E-state index contributed by atoms with van der Waals surface area (Å²) in [5.74, 6) is 0.0872. The van der Waals surface area contributed by atoms with Crippen molar-refractivity contribution in [3.05, 3.63) is 11.6 Å². The van der Waals surface area contributed by atoms with Crippen LogP contribution in [0, 0.1) is 11.3 Å². The predicted octanol–water partition coefficient (Wildman–Crippen LogP) is 2.02. The molecule has 0 aromatic heterocycles. The molecular weight excluding hydrogens is 400 g/mol. The zero-order valence-electron chi connectivity index (χ0n) is 18.9. The minimum atomic E-state index is -0.342. The van der Waals surface area contributed by atoms with E-state index in [0.717, 1.165) is 12.8 Å². The van der Waals surface area contributed by atoms with Gasteiger partial charge in [-0.25, -0.2) is 4.79 Å². The van der Waals surface area contributed by atoms with Crippen LogP contribution >= 0.6 is 0 Å². The molecule has 5 fully saturated rings. The fourth-order valence-electron chi connectivity index (χ4n) is 6.14. The number of likely N-dealkylation sites (tertiary alicyclic amines) is 1. The van der Waals surface area contributed by atoms with Gasteiger partial charge in [0.05, 0.1) is 18.6 Å².